The zero-order valence-electron chi connectivity index (χ0n) is 8.97. The van der Waals surface area contributed by atoms with Crippen molar-refractivity contribution in [2.24, 2.45) is 5.73 Å². The third kappa shape index (κ3) is 2.81. The summed E-state index contributed by atoms with van der Waals surface area (Å²) in [6.45, 7) is 1.10. The van der Waals surface area contributed by atoms with Gasteiger partial charge in [0.2, 0.25) is 0 Å². The van der Waals surface area contributed by atoms with Gasteiger partial charge in [0, 0.05) is 12.7 Å². The molecule has 82 valence electrons. The molecule has 0 atom stereocenters. The molecular weight excluding hydrogens is 200 g/mol. The van der Waals surface area contributed by atoms with Crippen molar-refractivity contribution in [3.05, 3.63) is 59.9 Å². The zero-order valence-corrected chi connectivity index (χ0v) is 8.97. The number of hydrogen-bond acceptors (Lipinski definition) is 3. The second kappa shape index (κ2) is 5.28. The molecule has 0 saturated heterocycles. The fourth-order valence-corrected chi connectivity index (χ4v) is 1.45. The van der Waals surface area contributed by atoms with Crippen molar-refractivity contribution < 1.29 is 4.74 Å². The molecule has 0 aliphatic carbocycles. The molecule has 0 amide bonds. The maximum Gasteiger partial charge on any atom is 0.138 e. The van der Waals surface area contributed by atoms with E-state index in [-0.39, 0.29) is 0 Å². The maximum atomic E-state index is 5.59. The van der Waals surface area contributed by atoms with Crippen LogP contribution in [0.15, 0.2) is 48.8 Å². The smallest absolute Gasteiger partial charge is 0.138 e. The van der Waals surface area contributed by atoms with Gasteiger partial charge in [0.05, 0.1) is 6.20 Å². The highest BCUT2D eigenvalue weighted by molar-refractivity contribution is 5.24. The fraction of sp³-hybridized carbons (Fsp3) is 0.154. The van der Waals surface area contributed by atoms with Crippen LogP contribution in [0, 0.1) is 0 Å². The lowest BCUT2D eigenvalue weighted by molar-refractivity contribution is 0.305. The number of ether oxygens (including phenoxy) is 1. The van der Waals surface area contributed by atoms with Crippen molar-refractivity contribution in [3.63, 3.8) is 0 Å². The van der Waals surface area contributed by atoms with Gasteiger partial charge in [-0.15, -0.1) is 0 Å². The van der Waals surface area contributed by atoms with Crippen molar-refractivity contribution in [1.29, 1.82) is 0 Å². The Labute approximate surface area is 94.9 Å². The standard InChI is InChI=1S/C13H14N2O/c14-8-11-3-1-4-12(7-11)10-16-13-5-2-6-15-9-13/h1-7,9H,8,10,14H2. The van der Waals surface area contributed by atoms with Crippen molar-refractivity contribution in [2.45, 2.75) is 13.2 Å². The van der Waals surface area contributed by atoms with Crippen molar-refractivity contribution in [3.8, 4) is 5.75 Å². The van der Waals surface area contributed by atoms with Crippen molar-refractivity contribution in [1.82, 2.24) is 4.98 Å². The molecule has 0 bridgehead atoms. The van der Waals surface area contributed by atoms with Gasteiger partial charge in [-0.25, -0.2) is 0 Å². The Morgan fingerprint density at radius 1 is 1.12 bits per heavy atom. The van der Waals surface area contributed by atoms with E-state index in [2.05, 4.69) is 11.1 Å². The third-order valence-electron chi connectivity index (χ3n) is 2.27. The van der Waals surface area contributed by atoms with Crippen LogP contribution in [0.3, 0.4) is 0 Å². The summed E-state index contributed by atoms with van der Waals surface area (Å²) in [7, 11) is 0. The Bertz CT molecular complexity index is 443. The van der Waals surface area contributed by atoms with Crippen LogP contribution >= 0.6 is 0 Å². The zero-order chi connectivity index (χ0) is 11.2. The van der Waals surface area contributed by atoms with Gasteiger partial charge in [0.1, 0.15) is 12.4 Å². The molecule has 1 aromatic heterocycles. The minimum absolute atomic E-state index is 0.541. The predicted molar refractivity (Wildman–Crippen MR) is 62.9 cm³/mol. The summed E-state index contributed by atoms with van der Waals surface area (Å²) in [6.07, 6.45) is 3.43. The van der Waals surface area contributed by atoms with Crippen LogP contribution in [0.4, 0.5) is 0 Å². The first-order valence-corrected chi connectivity index (χ1v) is 5.19. The summed E-state index contributed by atoms with van der Waals surface area (Å²) >= 11 is 0. The van der Waals surface area contributed by atoms with E-state index in [1.807, 2.05) is 30.3 Å². The van der Waals surface area contributed by atoms with E-state index in [9.17, 15) is 0 Å². The molecule has 1 heterocycles. The first-order valence-electron chi connectivity index (χ1n) is 5.19. The number of hydrogen-bond donors (Lipinski definition) is 1. The van der Waals surface area contributed by atoms with Crippen LogP contribution in [-0.4, -0.2) is 4.98 Å². The average Bonchev–Trinajstić information content (AvgIpc) is 2.38. The monoisotopic (exact) mass is 214 g/mol. The van der Waals surface area contributed by atoms with Gasteiger partial charge >= 0.3 is 0 Å². The summed E-state index contributed by atoms with van der Waals surface area (Å²) in [6, 6.07) is 11.8. The molecule has 0 aliphatic rings. The third-order valence-corrected chi connectivity index (χ3v) is 2.27. The quantitative estimate of drug-likeness (QED) is 0.848. The first-order chi connectivity index (χ1) is 7.88. The van der Waals surface area contributed by atoms with Crippen LogP contribution in [0.25, 0.3) is 0 Å². The van der Waals surface area contributed by atoms with E-state index in [4.69, 9.17) is 10.5 Å². The van der Waals surface area contributed by atoms with E-state index in [0.29, 0.717) is 13.2 Å². The van der Waals surface area contributed by atoms with Crippen LogP contribution in [0.5, 0.6) is 5.75 Å². The van der Waals surface area contributed by atoms with Gasteiger partial charge in [0.15, 0.2) is 0 Å². The summed E-state index contributed by atoms with van der Waals surface area (Å²) in [5, 5.41) is 0. The molecule has 0 saturated carbocycles. The lowest BCUT2D eigenvalue weighted by Gasteiger charge is -2.06. The normalized spacial score (nSPS) is 10.1. The first kappa shape index (κ1) is 10.6. The molecule has 0 unspecified atom stereocenters. The Morgan fingerprint density at radius 3 is 2.75 bits per heavy atom. The van der Waals surface area contributed by atoms with Crippen molar-refractivity contribution in [2.75, 3.05) is 0 Å². The SMILES string of the molecule is NCc1cccc(COc2cccnc2)c1. The predicted octanol–water partition coefficient (Wildman–Crippen LogP) is 2.12. The summed E-state index contributed by atoms with van der Waals surface area (Å²) < 4.78 is 5.59. The molecule has 0 aliphatic heterocycles. The number of aromatic nitrogens is 1. The molecule has 16 heavy (non-hydrogen) atoms. The van der Waals surface area contributed by atoms with Crippen molar-refractivity contribution >= 4 is 0 Å². The number of pyridine rings is 1. The minimum Gasteiger partial charge on any atom is -0.487 e. The molecule has 0 radical (unpaired) electrons. The van der Waals surface area contributed by atoms with Crippen LogP contribution in [-0.2, 0) is 13.2 Å². The average molecular weight is 214 g/mol. The maximum absolute atomic E-state index is 5.59. The van der Waals surface area contributed by atoms with E-state index >= 15 is 0 Å². The summed E-state index contributed by atoms with van der Waals surface area (Å²) in [5.74, 6) is 0.778. The molecule has 1 aromatic carbocycles. The van der Waals surface area contributed by atoms with Crippen LogP contribution in [0.2, 0.25) is 0 Å². The Kier molecular flexibility index (Phi) is 3.51. The van der Waals surface area contributed by atoms with Crippen LogP contribution in [0.1, 0.15) is 11.1 Å². The molecule has 2 N–H and O–H groups in total. The van der Waals surface area contributed by atoms with E-state index in [1.54, 1.807) is 12.4 Å². The second-order valence-electron chi connectivity index (χ2n) is 3.50. The van der Waals surface area contributed by atoms with Gasteiger partial charge in [-0.2, -0.15) is 0 Å². The number of nitrogens with zero attached hydrogens (tertiary/aromatic N) is 1. The summed E-state index contributed by atoms with van der Waals surface area (Å²) in [4.78, 5) is 3.99. The molecule has 2 rings (SSSR count). The summed E-state index contributed by atoms with van der Waals surface area (Å²) in [5.41, 5.74) is 7.81. The molecule has 3 nitrogen and oxygen atoms in total. The van der Waals surface area contributed by atoms with Gasteiger partial charge in [-0.05, 0) is 23.3 Å². The molecule has 3 heteroatoms. The highest BCUT2D eigenvalue weighted by Crippen LogP contribution is 2.11. The van der Waals surface area contributed by atoms with E-state index in [1.165, 1.54) is 0 Å². The number of rotatable bonds is 4. The minimum atomic E-state index is 0.541. The van der Waals surface area contributed by atoms with Gasteiger partial charge in [-0.1, -0.05) is 24.3 Å². The fourth-order valence-electron chi connectivity index (χ4n) is 1.45. The molecule has 0 spiro atoms. The topological polar surface area (TPSA) is 48.1 Å². The highest BCUT2D eigenvalue weighted by Gasteiger charge is 1.96. The largest absolute Gasteiger partial charge is 0.487 e. The number of nitrogens with two attached hydrogens (primary N) is 1. The lowest BCUT2D eigenvalue weighted by atomic mass is 10.1. The van der Waals surface area contributed by atoms with Gasteiger partial charge < -0.3 is 10.5 Å². The molecular formula is C13H14N2O. The van der Waals surface area contributed by atoms with Gasteiger partial charge in [-0.3, -0.25) is 4.98 Å². The Balaban J connectivity index is 1.99. The lowest BCUT2D eigenvalue weighted by Crippen LogP contribution is -1.99. The molecule has 2 aromatic rings. The number of benzene rings is 1. The highest BCUT2D eigenvalue weighted by atomic mass is 16.5. The van der Waals surface area contributed by atoms with E-state index in [0.717, 1.165) is 16.9 Å². The molecule has 0 fully saturated rings. The van der Waals surface area contributed by atoms with Gasteiger partial charge in [0.25, 0.3) is 0 Å². The van der Waals surface area contributed by atoms with E-state index < -0.39 is 0 Å². The second-order valence-corrected chi connectivity index (χ2v) is 3.50. The Morgan fingerprint density at radius 2 is 2.00 bits per heavy atom. The van der Waals surface area contributed by atoms with Crippen LogP contribution < -0.4 is 10.5 Å². The Hall–Kier alpha value is -1.87.